The summed E-state index contributed by atoms with van der Waals surface area (Å²) in [5, 5.41) is 7.84. The zero-order valence-corrected chi connectivity index (χ0v) is 14.6. The van der Waals surface area contributed by atoms with E-state index in [-0.39, 0.29) is 10.1 Å². The molecule has 11 heteroatoms. The van der Waals surface area contributed by atoms with E-state index in [0.29, 0.717) is 17.6 Å². The molecule has 6 nitrogen and oxygen atoms in total. The predicted molar refractivity (Wildman–Crippen MR) is 82.7 cm³/mol. The largest absolute Gasteiger partial charge is 0.501 e. The van der Waals surface area contributed by atoms with Crippen LogP contribution in [-0.2, 0) is 15.3 Å². The molecule has 2 rings (SSSR count). The highest BCUT2D eigenvalue weighted by Crippen LogP contribution is 2.38. The van der Waals surface area contributed by atoms with Crippen LogP contribution in [-0.4, -0.2) is 28.8 Å². The third-order valence-electron chi connectivity index (χ3n) is 2.98. The first kappa shape index (κ1) is 18.6. The highest BCUT2D eigenvalue weighted by molar-refractivity contribution is 8.00. The maximum absolute atomic E-state index is 12.8. The maximum Gasteiger partial charge on any atom is 0.501 e. The van der Waals surface area contributed by atoms with Crippen molar-refractivity contribution < 1.29 is 21.6 Å². The molecule has 0 bridgehead atoms. The maximum atomic E-state index is 12.8. The highest BCUT2D eigenvalue weighted by Gasteiger charge is 2.48. The van der Waals surface area contributed by atoms with Gasteiger partial charge in [0, 0.05) is 10.3 Å². The van der Waals surface area contributed by atoms with Crippen LogP contribution in [0.2, 0.25) is 0 Å². The Hall–Kier alpha value is -1.75. The van der Waals surface area contributed by atoms with Gasteiger partial charge in [-0.3, -0.25) is 0 Å². The lowest BCUT2D eigenvalue weighted by atomic mass is 9.96. The van der Waals surface area contributed by atoms with Gasteiger partial charge in [-0.2, -0.15) is 13.2 Å². The quantitative estimate of drug-likeness (QED) is 0.824. The Balaban J connectivity index is 2.49. The van der Waals surface area contributed by atoms with Crippen LogP contribution in [0.3, 0.4) is 0 Å². The van der Waals surface area contributed by atoms with Crippen molar-refractivity contribution in [1.82, 2.24) is 14.9 Å². The minimum Gasteiger partial charge on any atom is -0.336 e. The minimum absolute atomic E-state index is 0.0877. The van der Waals surface area contributed by atoms with Crippen LogP contribution in [0.1, 0.15) is 26.6 Å². The van der Waals surface area contributed by atoms with Crippen LogP contribution >= 0.6 is 11.8 Å². The smallest absolute Gasteiger partial charge is 0.336 e. The molecular weight excluding hydrogens is 365 g/mol. The number of alkyl halides is 3. The topological polar surface area (TPSA) is 90.9 Å². The van der Waals surface area contributed by atoms with Crippen molar-refractivity contribution >= 4 is 21.6 Å². The molecule has 0 saturated heterocycles. The Labute approximate surface area is 141 Å². The van der Waals surface area contributed by atoms with Crippen molar-refractivity contribution in [3.63, 3.8) is 0 Å². The van der Waals surface area contributed by atoms with Crippen molar-refractivity contribution in [2.75, 3.05) is 5.84 Å². The van der Waals surface area contributed by atoms with E-state index in [1.807, 2.05) is 20.8 Å². The number of sulfone groups is 1. The molecule has 1 aromatic heterocycles. The van der Waals surface area contributed by atoms with E-state index < -0.39 is 25.7 Å². The van der Waals surface area contributed by atoms with Gasteiger partial charge in [0.05, 0.1) is 4.90 Å². The molecule has 24 heavy (non-hydrogen) atoms. The number of nitrogens with zero attached hydrogens (tertiary/aromatic N) is 3. The summed E-state index contributed by atoms with van der Waals surface area (Å²) >= 11 is 0.706. The van der Waals surface area contributed by atoms with Gasteiger partial charge < -0.3 is 5.84 Å². The molecule has 0 saturated carbocycles. The SMILES string of the molecule is CC(C)(C)c1nnc(Sc2ccccc2S(=O)(=O)C(F)(F)F)n1N. The van der Waals surface area contributed by atoms with Gasteiger partial charge in [0.25, 0.3) is 9.84 Å². The van der Waals surface area contributed by atoms with Crippen molar-refractivity contribution in [3.8, 4) is 0 Å². The Morgan fingerprint density at radius 3 is 2.21 bits per heavy atom. The highest BCUT2D eigenvalue weighted by atomic mass is 32.2. The summed E-state index contributed by atoms with van der Waals surface area (Å²) in [5.41, 5.74) is -5.82. The first-order valence-electron chi connectivity index (χ1n) is 6.65. The number of nitrogens with two attached hydrogens (primary N) is 1. The number of aromatic nitrogens is 3. The minimum atomic E-state index is -5.48. The normalized spacial score (nSPS) is 13.2. The molecule has 1 heterocycles. The van der Waals surface area contributed by atoms with Gasteiger partial charge in [-0.25, -0.2) is 13.1 Å². The molecule has 0 aliphatic heterocycles. The monoisotopic (exact) mass is 380 g/mol. The molecule has 0 unspecified atom stereocenters. The van der Waals surface area contributed by atoms with Gasteiger partial charge in [0.1, 0.15) is 0 Å². The lowest BCUT2D eigenvalue weighted by Crippen LogP contribution is -2.24. The summed E-state index contributed by atoms with van der Waals surface area (Å²) in [4.78, 5) is -0.975. The molecule has 0 atom stereocenters. The van der Waals surface area contributed by atoms with E-state index >= 15 is 0 Å². The van der Waals surface area contributed by atoms with Crippen LogP contribution in [0.15, 0.2) is 39.2 Å². The average molecular weight is 380 g/mol. The van der Waals surface area contributed by atoms with Crippen molar-refractivity contribution in [2.24, 2.45) is 0 Å². The van der Waals surface area contributed by atoms with Crippen LogP contribution < -0.4 is 5.84 Å². The van der Waals surface area contributed by atoms with Crippen LogP contribution in [0.5, 0.6) is 0 Å². The fourth-order valence-electron chi connectivity index (χ4n) is 1.84. The van der Waals surface area contributed by atoms with Crippen molar-refractivity contribution in [3.05, 3.63) is 30.1 Å². The van der Waals surface area contributed by atoms with Gasteiger partial charge in [-0.15, -0.1) is 10.2 Å². The number of hydrogen-bond acceptors (Lipinski definition) is 6. The van der Waals surface area contributed by atoms with Crippen LogP contribution in [0, 0.1) is 0 Å². The van der Waals surface area contributed by atoms with E-state index in [2.05, 4.69) is 10.2 Å². The van der Waals surface area contributed by atoms with E-state index in [0.717, 1.165) is 10.7 Å². The molecule has 0 fully saturated rings. The molecule has 0 aliphatic rings. The summed E-state index contributed by atoms with van der Waals surface area (Å²) in [6.07, 6.45) is 0. The predicted octanol–water partition coefficient (Wildman–Crippen LogP) is 2.73. The molecule has 0 radical (unpaired) electrons. The third-order valence-corrected chi connectivity index (χ3v) is 5.69. The van der Waals surface area contributed by atoms with Gasteiger partial charge in [-0.05, 0) is 23.9 Å². The molecular formula is C13H15F3N4O2S2. The Bertz CT molecular complexity index is 855. The molecule has 0 amide bonds. The van der Waals surface area contributed by atoms with E-state index in [1.165, 1.54) is 18.2 Å². The van der Waals surface area contributed by atoms with E-state index in [4.69, 9.17) is 5.84 Å². The second-order valence-corrected chi connectivity index (χ2v) is 8.84. The second kappa shape index (κ2) is 5.96. The van der Waals surface area contributed by atoms with Gasteiger partial charge in [0.15, 0.2) is 5.82 Å². The molecule has 0 aliphatic carbocycles. The first-order valence-corrected chi connectivity index (χ1v) is 8.95. The Morgan fingerprint density at radius 2 is 1.71 bits per heavy atom. The fourth-order valence-corrected chi connectivity index (χ4v) is 3.91. The second-order valence-electron chi connectivity index (χ2n) is 5.92. The van der Waals surface area contributed by atoms with Gasteiger partial charge >= 0.3 is 5.51 Å². The van der Waals surface area contributed by atoms with Crippen LogP contribution in [0.4, 0.5) is 13.2 Å². The number of hydrogen-bond donors (Lipinski definition) is 1. The zero-order chi connectivity index (χ0) is 18.3. The summed E-state index contributed by atoms with van der Waals surface area (Å²) in [5.74, 6) is 6.30. The molecule has 2 aromatic rings. The number of nitrogen functional groups attached to an aromatic ring is 1. The average Bonchev–Trinajstić information content (AvgIpc) is 2.79. The number of rotatable bonds is 3. The summed E-state index contributed by atoms with van der Waals surface area (Å²) in [7, 11) is -5.48. The molecule has 2 N–H and O–H groups in total. The summed E-state index contributed by atoms with van der Waals surface area (Å²) < 4.78 is 63.0. The van der Waals surface area contributed by atoms with Gasteiger partial charge in [0.2, 0.25) is 5.16 Å². The molecule has 132 valence electrons. The molecule has 0 spiro atoms. The summed E-state index contributed by atoms with van der Waals surface area (Å²) in [6.45, 7) is 5.53. The van der Waals surface area contributed by atoms with Crippen molar-refractivity contribution in [1.29, 1.82) is 0 Å². The molecule has 1 aromatic carbocycles. The lowest BCUT2D eigenvalue weighted by molar-refractivity contribution is -0.0437. The Kier molecular flexibility index (Phi) is 4.61. The third kappa shape index (κ3) is 3.36. The van der Waals surface area contributed by atoms with E-state index in [9.17, 15) is 21.6 Å². The Morgan fingerprint density at radius 1 is 1.12 bits per heavy atom. The van der Waals surface area contributed by atoms with Crippen LogP contribution in [0.25, 0.3) is 0 Å². The lowest BCUT2D eigenvalue weighted by Gasteiger charge is -2.16. The number of benzene rings is 1. The first-order chi connectivity index (χ1) is 10.9. The zero-order valence-electron chi connectivity index (χ0n) is 13.0. The standard InChI is InChI=1S/C13H15F3N4O2S2/c1-12(2,3)10-18-19-11(20(10)17)23-8-6-4-5-7-9(8)24(21,22)13(14,15)16/h4-7H,17H2,1-3H3. The number of halogens is 3. The van der Waals surface area contributed by atoms with Gasteiger partial charge in [-0.1, -0.05) is 32.9 Å². The van der Waals surface area contributed by atoms with E-state index in [1.54, 1.807) is 0 Å². The fraction of sp³-hybridized carbons (Fsp3) is 0.385. The van der Waals surface area contributed by atoms with Crippen molar-refractivity contribution in [2.45, 2.75) is 46.6 Å². The summed E-state index contributed by atoms with van der Waals surface area (Å²) in [6, 6.07) is 4.80.